The monoisotopic (exact) mass is 299 g/mol. The SMILES string of the molecule is CCOC(=O)C(C)(C)c1csc(NC(C)(C)C(N)=O)n1. The highest BCUT2D eigenvalue weighted by Crippen LogP contribution is 2.29. The van der Waals surface area contributed by atoms with Crippen molar-refractivity contribution in [1.29, 1.82) is 0 Å². The Balaban J connectivity index is 2.92. The maximum Gasteiger partial charge on any atom is 0.317 e. The first-order valence-corrected chi connectivity index (χ1v) is 7.20. The third-order valence-corrected chi connectivity index (χ3v) is 3.72. The number of nitrogens with one attached hydrogen (secondary N) is 1. The normalized spacial score (nSPS) is 12.1. The quantitative estimate of drug-likeness (QED) is 0.779. The van der Waals surface area contributed by atoms with Crippen LogP contribution < -0.4 is 11.1 Å². The molecule has 1 rings (SSSR count). The van der Waals surface area contributed by atoms with E-state index in [2.05, 4.69) is 10.3 Å². The Morgan fingerprint density at radius 3 is 2.50 bits per heavy atom. The van der Waals surface area contributed by atoms with Crippen LogP contribution in [0.3, 0.4) is 0 Å². The lowest BCUT2D eigenvalue weighted by atomic mass is 9.90. The average molecular weight is 299 g/mol. The molecule has 0 radical (unpaired) electrons. The van der Waals surface area contributed by atoms with Gasteiger partial charge >= 0.3 is 5.97 Å². The summed E-state index contributed by atoms with van der Waals surface area (Å²) in [5, 5.41) is 5.28. The molecular formula is C13H21N3O3S. The van der Waals surface area contributed by atoms with Gasteiger partial charge in [-0.15, -0.1) is 11.3 Å². The number of nitrogens with two attached hydrogens (primary N) is 1. The van der Waals surface area contributed by atoms with Gasteiger partial charge in [0.15, 0.2) is 5.13 Å². The molecule has 0 aliphatic rings. The number of amides is 1. The lowest BCUT2D eigenvalue weighted by molar-refractivity contribution is -0.148. The summed E-state index contributed by atoms with van der Waals surface area (Å²) < 4.78 is 5.04. The summed E-state index contributed by atoms with van der Waals surface area (Å²) in [4.78, 5) is 27.6. The topological polar surface area (TPSA) is 94.3 Å². The maximum absolute atomic E-state index is 11.9. The van der Waals surface area contributed by atoms with Gasteiger partial charge in [-0.05, 0) is 34.6 Å². The molecule has 0 aromatic carbocycles. The zero-order valence-corrected chi connectivity index (χ0v) is 13.3. The molecule has 6 nitrogen and oxygen atoms in total. The van der Waals surface area contributed by atoms with Crippen molar-refractivity contribution in [1.82, 2.24) is 4.98 Å². The smallest absolute Gasteiger partial charge is 0.317 e. The number of nitrogens with zero attached hydrogens (tertiary/aromatic N) is 1. The summed E-state index contributed by atoms with van der Waals surface area (Å²) in [6, 6.07) is 0. The Bertz CT molecular complexity index is 509. The zero-order valence-electron chi connectivity index (χ0n) is 12.4. The Hall–Kier alpha value is -1.63. The number of rotatable bonds is 6. The highest BCUT2D eigenvalue weighted by Gasteiger charge is 2.34. The van der Waals surface area contributed by atoms with Crippen LogP contribution in [0.15, 0.2) is 5.38 Å². The number of esters is 1. The number of anilines is 1. The lowest BCUT2D eigenvalue weighted by Crippen LogP contribution is -2.45. The van der Waals surface area contributed by atoms with Crippen LogP contribution >= 0.6 is 11.3 Å². The van der Waals surface area contributed by atoms with Crippen molar-refractivity contribution < 1.29 is 14.3 Å². The molecule has 20 heavy (non-hydrogen) atoms. The molecule has 3 N–H and O–H groups in total. The van der Waals surface area contributed by atoms with Crippen molar-refractivity contribution in [2.75, 3.05) is 11.9 Å². The van der Waals surface area contributed by atoms with E-state index >= 15 is 0 Å². The number of thiazole rings is 1. The minimum absolute atomic E-state index is 0.326. The Morgan fingerprint density at radius 2 is 2.00 bits per heavy atom. The fraction of sp³-hybridized carbons (Fsp3) is 0.615. The summed E-state index contributed by atoms with van der Waals surface area (Å²) in [5.74, 6) is -0.801. The van der Waals surface area contributed by atoms with Gasteiger partial charge in [-0.25, -0.2) is 4.98 Å². The molecule has 0 saturated heterocycles. The number of ether oxygens (including phenoxy) is 1. The molecule has 0 aliphatic heterocycles. The minimum Gasteiger partial charge on any atom is -0.465 e. The molecular weight excluding hydrogens is 278 g/mol. The third kappa shape index (κ3) is 3.47. The zero-order chi connectivity index (χ0) is 15.6. The first-order chi connectivity index (χ1) is 9.11. The fourth-order valence-electron chi connectivity index (χ4n) is 1.36. The number of carbonyl (C=O) groups is 2. The standard InChI is InChI=1S/C13H21N3O3S/c1-6-19-10(18)12(2,3)8-7-20-11(15-8)16-13(4,5)9(14)17/h7H,6H2,1-5H3,(H2,14,17)(H,15,16). The minimum atomic E-state index is -0.900. The molecule has 0 bridgehead atoms. The van der Waals surface area contributed by atoms with Crippen molar-refractivity contribution in [3.05, 3.63) is 11.1 Å². The molecule has 1 aromatic rings. The maximum atomic E-state index is 11.9. The fourth-order valence-corrected chi connectivity index (χ4v) is 2.40. The van der Waals surface area contributed by atoms with Crippen LogP contribution in [0.1, 0.15) is 40.3 Å². The second kappa shape index (κ2) is 5.78. The summed E-state index contributed by atoms with van der Waals surface area (Å²) >= 11 is 1.32. The first kappa shape index (κ1) is 16.4. The number of hydrogen-bond donors (Lipinski definition) is 2. The van der Waals surface area contributed by atoms with E-state index in [0.29, 0.717) is 17.4 Å². The third-order valence-electron chi connectivity index (χ3n) is 2.97. The van der Waals surface area contributed by atoms with E-state index in [4.69, 9.17) is 10.5 Å². The van der Waals surface area contributed by atoms with Gasteiger partial charge in [0.25, 0.3) is 0 Å². The van der Waals surface area contributed by atoms with E-state index in [1.165, 1.54) is 11.3 Å². The van der Waals surface area contributed by atoms with Gasteiger partial charge in [0.1, 0.15) is 11.0 Å². The second-order valence-corrected chi connectivity index (χ2v) is 6.36. The molecule has 0 atom stereocenters. The Morgan fingerprint density at radius 1 is 1.40 bits per heavy atom. The Kier molecular flexibility index (Phi) is 4.75. The van der Waals surface area contributed by atoms with Crippen LogP contribution in [0.25, 0.3) is 0 Å². The molecule has 0 aliphatic carbocycles. The van der Waals surface area contributed by atoms with Crippen LogP contribution in [0.2, 0.25) is 0 Å². The lowest BCUT2D eigenvalue weighted by Gasteiger charge is -2.22. The molecule has 0 unspecified atom stereocenters. The summed E-state index contributed by atoms with van der Waals surface area (Å²) in [7, 11) is 0. The molecule has 0 saturated carbocycles. The molecule has 7 heteroatoms. The van der Waals surface area contributed by atoms with Crippen molar-refractivity contribution in [2.45, 2.75) is 45.6 Å². The first-order valence-electron chi connectivity index (χ1n) is 6.32. The number of primary amides is 1. The van der Waals surface area contributed by atoms with Gasteiger partial charge in [0, 0.05) is 5.38 Å². The van der Waals surface area contributed by atoms with Crippen molar-refractivity contribution >= 4 is 28.3 Å². The molecule has 1 amide bonds. The van der Waals surface area contributed by atoms with Crippen LogP contribution in [-0.2, 0) is 19.7 Å². The van der Waals surface area contributed by atoms with Crippen LogP contribution in [0, 0.1) is 0 Å². The van der Waals surface area contributed by atoms with E-state index in [0.717, 1.165) is 0 Å². The highest BCUT2D eigenvalue weighted by atomic mass is 32.1. The summed E-state index contributed by atoms with van der Waals surface area (Å²) in [6.07, 6.45) is 0. The largest absolute Gasteiger partial charge is 0.465 e. The van der Waals surface area contributed by atoms with E-state index < -0.39 is 16.9 Å². The second-order valence-electron chi connectivity index (χ2n) is 5.50. The van der Waals surface area contributed by atoms with Gasteiger partial charge in [0.05, 0.1) is 12.3 Å². The van der Waals surface area contributed by atoms with Crippen LogP contribution in [0.4, 0.5) is 5.13 Å². The molecule has 0 fully saturated rings. The molecule has 1 heterocycles. The van der Waals surface area contributed by atoms with E-state index in [1.807, 2.05) is 0 Å². The Labute approximate surface area is 122 Å². The van der Waals surface area contributed by atoms with Gasteiger partial charge < -0.3 is 15.8 Å². The van der Waals surface area contributed by atoms with Gasteiger partial charge in [-0.3, -0.25) is 9.59 Å². The van der Waals surface area contributed by atoms with E-state index in [-0.39, 0.29) is 5.97 Å². The van der Waals surface area contributed by atoms with Gasteiger partial charge in [-0.2, -0.15) is 0 Å². The van der Waals surface area contributed by atoms with E-state index in [9.17, 15) is 9.59 Å². The average Bonchev–Trinajstić information content (AvgIpc) is 2.77. The number of aromatic nitrogens is 1. The predicted octanol–water partition coefficient (Wildman–Crippen LogP) is 1.66. The van der Waals surface area contributed by atoms with Gasteiger partial charge in [0.2, 0.25) is 5.91 Å². The summed E-state index contributed by atoms with van der Waals surface area (Å²) in [5.41, 5.74) is 4.17. The summed E-state index contributed by atoms with van der Waals surface area (Å²) in [6.45, 7) is 8.94. The highest BCUT2D eigenvalue weighted by molar-refractivity contribution is 7.13. The van der Waals surface area contributed by atoms with Crippen LogP contribution in [-0.4, -0.2) is 29.0 Å². The predicted molar refractivity (Wildman–Crippen MR) is 78.7 cm³/mol. The van der Waals surface area contributed by atoms with Crippen molar-refractivity contribution in [3.63, 3.8) is 0 Å². The van der Waals surface area contributed by atoms with Crippen molar-refractivity contribution in [2.24, 2.45) is 5.73 Å². The van der Waals surface area contributed by atoms with Gasteiger partial charge in [-0.1, -0.05) is 0 Å². The van der Waals surface area contributed by atoms with Crippen LogP contribution in [0.5, 0.6) is 0 Å². The number of carbonyl (C=O) groups excluding carboxylic acids is 2. The molecule has 1 aromatic heterocycles. The van der Waals surface area contributed by atoms with E-state index in [1.54, 1.807) is 40.0 Å². The van der Waals surface area contributed by atoms with Crippen molar-refractivity contribution in [3.8, 4) is 0 Å². The number of hydrogen-bond acceptors (Lipinski definition) is 6. The molecule has 0 spiro atoms. The molecule has 112 valence electrons.